The molecule has 1 aliphatic rings. The highest BCUT2D eigenvalue weighted by Crippen LogP contribution is 2.20. The Balaban J connectivity index is 2.18. The molecule has 5 heteroatoms. The number of hydrogen-bond acceptors (Lipinski definition) is 3. The molecule has 0 radical (unpaired) electrons. The van der Waals surface area contributed by atoms with Crippen molar-refractivity contribution in [2.45, 2.75) is 38.8 Å². The van der Waals surface area contributed by atoms with Crippen molar-refractivity contribution in [3.05, 3.63) is 33.7 Å². The summed E-state index contributed by atoms with van der Waals surface area (Å²) in [6, 6.07) is 0.329. The van der Waals surface area contributed by atoms with Crippen LogP contribution in [0.1, 0.15) is 26.2 Å². The highest BCUT2D eigenvalue weighted by molar-refractivity contribution is 6.32. The average molecular weight is 254 g/mol. The van der Waals surface area contributed by atoms with Crippen molar-refractivity contribution in [2.75, 3.05) is 5.32 Å². The third-order valence-corrected chi connectivity index (χ3v) is 3.15. The van der Waals surface area contributed by atoms with E-state index in [1.807, 2.05) is 6.92 Å². The second kappa shape index (κ2) is 5.36. The molecule has 0 saturated carbocycles. The Hall–Kier alpha value is -1.29. The molecule has 0 spiro atoms. The van der Waals surface area contributed by atoms with E-state index in [0.29, 0.717) is 18.3 Å². The summed E-state index contributed by atoms with van der Waals surface area (Å²) in [5.41, 5.74) is 0.419. The zero-order valence-electron chi connectivity index (χ0n) is 9.82. The summed E-state index contributed by atoms with van der Waals surface area (Å²) >= 11 is 6.06. The van der Waals surface area contributed by atoms with E-state index in [1.54, 1.807) is 6.20 Å². The molecule has 0 amide bonds. The van der Waals surface area contributed by atoms with Crippen molar-refractivity contribution in [1.82, 2.24) is 9.78 Å². The summed E-state index contributed by atoms with van der Waals surface area (Å²) in [7, 11) is 0. The number of anilines is 1. The maximum Gasteiger partial charge on any atom is 0.287 e. The van der Waals surface area contributed by atoms with Gasteiger partial charge >= 0.3 is 0 Å². The van der Waals surface area contributed by atoms with Gasteiger partial charge in [0.15, 0.2) is 0 Å². The summed E-state index contributed by atoms with van der Waals surface area (Å²) in [4.78, 5) is 11.9. The first-order valence-corrected chi connectivity index (χ1v) is 6.27. The molecule has 92 valence electrons. The fourth-order valence-corrected chi connectivity index (χ4v) is 2.09. The maximum atomic E-state index is 11.9. The van der Waals surface area contributed by atoms with E-state index in [0.717, 1.165) is 19.3 Å². The molecule has 0 saturated heterocycles. The third-order valence-electron chi connectivity index (χ3n) is 2.79. The molecule has 4 nitrogen and oxygen atoms in total. The van der Waals surface area contributed by atoms with Gasteiger partial charge in [-0.1, -0.05) is 30.7 Å². The van der Waals surface area contributed by atoms with Gasteiger partial charge in [0.1, 0.15) is 5.02 Å². The molecule has 0 bridgehead atoms. The van der Waals surface area contributed by atoms with Crippen LogP contribution in [0.3, 0.4) is 0 Å². The number of nitrogens with zero attached hydrogens (tertiary/aromatic N) is 2. The number of aryl methyl sites for hydroxylation is 1. The van der Waals surface area contributed by atoms with Crippen molar-refractivity contribution in [1.29, 1.82) is 0 Å². The first-order chi connectivity index (χ1) is 8.22. The Morgan fingerprint density at radius 1 is 1.53 bits per heavy atom. The maximum absolute atomic E-state index is 11.9. The zero-order valence-corrected chi connectivity index (χ0v) is 10.6. The SMILES string of the molecule is CCCn1ncc(NC2CC=CC2)c(Cl)c1=O. The normalized spacial score (nSPS) is 15.4. The summed E-state index contributed by atoms with van der Waals surface area (Å²) < 4.78 is 1.40. The van der Waals surface area contributed by atoms with E-state index in [2.05, 4.69) is 22.6 Å². The fourth-order valence-electron chi connectivity index (χ4n) is 1.89. The van der Waals surface area contributed by atoms with E-state index in [4.69, 9.17) is 11.6 Å². The molecule has 0 unspecified atom stereocenters. The van der Waals surface area contributed by atoms with E-state index < -0.39 is 0 Å². The molecule has 1 aromatic heterocycles. The van der Waals surface area contributed by atoms with E-state index in [-0.39, 0.29) is 10.6 Å². The van der Waals surface area contributed by atoms with Crippen LogP contribution in [0.25, 0.3) is 0 Å². The highest BCUT2D eigenvalue weighted by Gasteiger charge is 2.14. The van der Waals surface area contributed by atoms with Crippen LogP contribution in [0.4, 0.5) is 5.69 Å². The first-order valence-electron chi connectivity index (χ1n) is 5.89. The van der Waals surface area contributed by atoms with E-state index in [1.165, 1.54) is 4.68 Å². The Kier molecular flexibility index (Phi) is 3.84. The molecular formula is C12H16ClN3O. The van der Waals surface area contributed by atoms with Gasteiger partial charge in [0.25, 0.3) is 5.56 Å². The van der Waals surface area contributed by atoms with Gasteiger partial charge in [0.2, 0.25) is 0 Å². The van der Waals surface area contributed by atoms with Crippen LogP contribution in [-0.4, -0.2) is 15.8 Å². The lowest BCUT2D eigenvalue weighted by Gasteiger charge is -2.14. The topological polar surface area (TPSA) is 46.9 Å². The largest absolute Gasteiger partial charge is 0.379 e. The molecule has 17 heavy (non-hydrogen) atoms. The zero-order chi connectivity index (χ0) is 12.3. The summed E-state index contributed by atoms with van der Waals surface area (Å²) in [5, 5.41) is 7.59. The van der Waals surface area contributed by atoms with E-state index in [9.17, 15) is 4.79 Å². The summed E-state index contributed by atoms with van der Waals surface area (Å²) in [6.07, 6.45) is 8.68. The summed E-state index contributed by atoms with van der Waals surface area (Å²) in [5.74, 6) is 0. The van der Waals surface area contributed by atoms with Crippen molar-refractivity contribution in [2.24, 2.45) is 0 Å². The molecule has 0 fully saturated rings. The minimum absolute atomic E-state index is 0.218. The smallest absolute Gasteiger partial charge is 0.287 e. The van der Waals surface area contributed by atoms with Crippen LogP contribution < -0.4 is 10.9 Å². The van der Waals surface area contributed by atoms with Gasteiger partial charge in [0, 0.05) is 12.6 Å². The summed E-state index contributed by atoms with van der Waals surface area (Å²) in [6.45, 7) is 2.60. The Morgan fingerprint density at radius 2 is 2.24 bits per heavy atom. The Bertz CT molecular complexity index is 473. The van der Waals surface area contributed by atoms with Crippen molar-refractivity contribution < 1.29 is 0 Å². The average Bonchev–Trinajstić information content (AvgIpc) is 2.82. The van der Waals surface area contributed by atoms with Gasteiger partial charge in [-0.05, 0) is 19.3 Å². The first kappa shape index (κ1) is 12.2. The van der Waals surface area contributed by atoms with Gasteiger partial charge in [0.05, 0.1) is 11.9 Å². The van der Waals surface area contributed by atoms with Crippen LogP contribution >= 0.6 is 11.6 Å². The van der Waals surface area contributed by atoms with Crippen LogP contribution in [0.15, 0.2) is 23.1 Å². The second-order valence-electron chi connectivity index (χ2n) is 4.18. The predicted molar refractivity (Wildman–Crippen MR) is 69.6 cm³/mol. The quantitative estimate of drug-likeness (QED) is 0.839. The molecule has 1 aliphatic carbocycles. The minimum Gasteiger partial charge on any atom is -0.379 e. The lowest BCUT2D eigenvalue weighted by Crippen LogP contribution is -2.25. The molecule has 0 atom stereocenters. The molecular weight excluding hydrogens is 238 g/mol. The van der Waals surface area contributed by atoms with Gasteiger partial charge in [-0.25, -0.2) is 4.68 Å². The molecule has 1 heterocycles. The van der Waals surface area contributed by atoms with Crippen LogP contribution in [-0.2, 0) is 6.54 Å². The van der Waals surface area contributed by atoms with Crippen molar-refractivity contribution >= 4 is 17.3 Å². The fraction of sp³-hybridized carbons (Fsp3) is 0.500. The van der Waals surface area contributed by atoms with Crippen molar-refractivity contribution in [3.63, 3.8) is 0 Å². The lowest BCUT2D eigenvalue weighted by atomic mass is 10.2. The Morgan fingerprint density at radius 3 is 2.88 bits per heavy atom. The highest BCUT2D eigenvalue weighted by atomic mass is 35.5. The number of aromatic nitrogens is 2. The third kappa shape index (κ3) is 2.69. The monoisotopic (exact) mass is 253 g/mol. The Labute approximate surface area is 105 Å². The lowest BCUT2D eigenvalue weighted by molar-refractivity contribution is 0.568. The molecule has 0 aromatic carbocycles. The molecule has 1 aromatic rings. The minimum atomic E-state index is -0.218. The van der Waals surface area contributed by atoms with Crippen molar-refractivity contribution in [3.8, 4) is 0 Å². The van der Waals surface area contributed by atoms with Gasteiger partial charge < -0.3 is 5.32 Å². The van der Waals surface area contributed by atoms with E-state index >= 15 is 0 Å². The van der Waals surface area contributed by atoms with Crippen LogP contribution in [0.2, 0.25) is 5.02 Å². The van der Waals surface area contributed by atoms with Gasteiger partial charge in [-0.15, -0.1) is 0 Å². The standard InChI is InChI=1S/C12H16ClN3O/c1-2-7-16-12(17)11(13)10(8-14-16)15-9-5-3-4-6-9/h3-4,8-9,15H,2,5-7H2,1H3. The van der Waals surface area contributed by atoms with Crippen LogP contribution in [0.5, 0.6) is 0 Å². The number of nitrogens with one attached hydrogen (secondary N) is 1. The second-order valence-corrected chi connectivity index (χ2v) is 4.56. The molecule has 0 aliphatic heterocycles. The van der Waals surface area contributed by atoms with Gasteiger partial charge in [-0.2, -0.15) is 5.10 Å². The van der Waals surface area contributed by atoms with Crippen LogP contribution in [0, 0.1) is 0 Å². The number of rotatable bonds is 4. The number of halogens is 1. The molecule has 2 rings (SSSR count). The number of hydrogen-bond donors (Lipinski definition) is 1. The predicted octanol–water partition coefficient (Wildman–Crippen LogP) is 2.44. The molecule has 1 N–H and O–H groups in total. The van der Waals surface area contributed by atoms with Gasteiger partial charge in [-0.3, -0.25) is 4.79 Å².